The second kappa shape index (κ2) is 9.34. The number of carbonyl (C=O) groups excluding carboxylic acids is 3. The molecular weight excluding hydrogens is 384 g/mol. The van der Waals surface area contributed by atoms with Gasteiger partial charge in [-0.1, -0.05) is 12.1 Å². The molecular formula is C21H26N6O3. The van der Waals surface area contributed by atoms with E-state index in [1.54, 1.807) is 24.3 Å². The largest absolute Gasteiger partial charge is 0.368 e. The van der Waals surface area contributed by atoms with Crippen molar-refractivity contribution >= 4 is 29.4 Å². The van der Waals surface area contributed by atoms with Crippen molar-refractivity contribution in [2.45, 2.75) is 19.8 Å². The monoisotopic (exact) mass is 410 g/mol. The van der Waals surface area contributed by atoms with Crippen LogP contribution in [-0.4, -0.2) is 66.3 Å². The van der Waals surface area contributed by atoms with E-state index in [0.717, 1.165) is 5.82 Å². The second-order valence-electron chi connectivity index (χ2n) is 7.24. The molecule has 0 unspecified atom stereocenters. The average molecular weight is 410 g/mol. The third-order valence-corrected chi connectivity index (χ3v) is 4.70. The fraction of sp³-hybridized carbons (Fsp3) is 0.381. The number of hydrogen-bond acceptors (Lipinski definition) is 7. The van der Waals surface area contributed by atoms with Crippen LogP contribution in [-0.2, 0) is 4.79 Å². The number of anilines is 2. The summed E-state index contributed by atoms with van der Waals surface area (Å²) in [6.45, 7) is 3.01. The zero-order valence-electron chi connectivity index (χ0n) is 17.4. The lowest BCUT2D eigenvalue weighted by atomic mass is 10.1. The van der Waals surface area contributed by atoms with E-state index in [2.05, 4.69) is 20.6 Å². The van der Waals surface area contributed by atoms with Gasteiger partial charge < -0.3 is 15.5 Å². The average Bonchev–Trinajstić information content (AvgIpc) is 2.96. The molecule has 2 N–H and O–H groups in total. The molecule has 2 aromatic rings. The highest BCUT2D eigenvalue weighted by Gasteiger charge is 2.34. The lowest BCUT2D eigenvalue weighted by molar-refractivity contribution is -0.121. The van der Waals surface area contributed by atoms with E-state index in [0.29, 0.717) is 42.3 Å². The van der Waals surface area contributed by atoms with Crippen LogP contribution in [0.4, 0.5) is 11.6 Å². The van der Waals surface area contributed by atoms with Crippen molar-refractivity contribution < 1.29 is 14.4 Å². The first kappa shape index (κ1) is 21.2. The summed E-state index contributed by atoms with van der Waals surface area (Å²) in [6.07, 6.45) is 0.660. The molecule has 0 aliphatic carbocycles. The van der Waals surface area contributed by atoms with Gasteiger partial charge in [-0.2, -0.15) is 0 Å². The summed E-state index contributed by atoms with van der Waals surface area (Å²) < 4.78 is 0. The molecule has 0 spiro atoms. The highest BCUT2D eigenvalue weighted by molar-refractivity contribution is 6.21. The minimum absolute atomic E-state index is 0.124. The summed E-state index contributed by atoms with van der Waals surface area (Å²) in [5, 5.41) is 5.99. The molecule has 158 valence electrons. The molecule has 0 bridgehead atoms. The Morgan fingerprint density at radius 3 is 2.37 bits per heavy atom. The highest BCUT2D eigenvalue weighted by atomic mass is 16.2. The van der Waals surface area contributed by atoms with Crippen LogP contribution in [0.2, 0.25) is 0 Å². The van der Waals surface area contributed by atoms with Gasteiger partial charge in [-0.25, -0.2) is 9.97 Å². The number of rotatable bonds is 9. The van der Waals surface area contributed by atoms with Gasteiger partial charge in [-0.3, -0.25) is 19.3 Å². The third-order valence-electron chi connectivity index (χ3n) is 4.70. The van der Waals surface area contributed by atoms with Crippen molar-refractivity contribution in [2.75, 3.05) is 43.9 Å². The Kier molecular flexibility index (Phi) is 6.61. The molecule has 0 saturated carbocycles. The molecule has 1 aliphatic heterocycles. The number of amides is 3. The molecule has 9 heteroatoms. The van der Waals surface area contributed by atoms with Crippen LogP contribution >= 0.6 is 0 Å². The zero-order chi connectivity index (χ0) is 21.7. The van der Waals surface area contributed by atoms with Crippen LogP contribution in [0.25, 0.3) is 0 Å². The van der Waals surface area contributed by atoms with Crippen LogP contribution < -0.4 is 15.5 Å². The van der Waals surface area contributed by atoms with Crippen molar-refractivity contribution in [1.29, 1.82) is 0 Å². The Labute approximate surface area is 175 Å². The fourth-order valence-electron chi connectivity index (χ4n) is 3.19. The first-order valence-corrected chi connectivity index (χ1v) is 9.85. The van der Waals surface area contributed by atoms with Crippen molar-refractivity contribution in [2.24, 2.45) is 0 Å². The van der Waals surface area contributed by atoms with E-state index < -0.39 is 0 Å². The maximum absolute atomic E-state index is 12.3. The topological polar surface area (TPSA) is 108 Å². The Bertz CT molecular complexity index is 925. The van der Waals surface area contributed by atoms with Crippen molar-refractivity contribution in [3.63, 3.8) is 0 Å². The van der Waals surface area contributed by atoms with E-state index in [-0.39, 0.29) is 30.7 Å². The molecule has 9 nitrogen and oxygen atoms in total. The van der Waals surface area contributed by atoms with Gasteiger partial charge in [0.05, 0.1) is 11.1 Å². The van der Waals surface area contributed by atoms with Gasteiger partial charge in [0.15, 0.2) is 0 Å². The summed E-state index contributed by atoms with van der Waals surface area (Å²) in [4.78, 5) is 48.4. The quantitative estimate of drug-likeness (QED) is 0.476. The fourth-order valence-corrected chi connectivity index (χ4v) is 3.19. The minimum atomic E-state index is -0.294. The van der Waals surface area contributed by atoms with Crippen molar-refractivity contribution in [1.82, 2.24) is 20.2 Å². The second-order valence-corrected chi connectivity index (χ2v) is 7.24. The molecule has 1 aliphatic rings. The van der Waals surface area contributed by atoms with Gasteiger partial charge in [0.25, 0.3) is 11.8 Å². The standard InChI is InChI=1S/C21H26N6O3/c1-14-24-17(13-18(25-14)26(2)3)22-10-11-23-19(28)9-6-12-27-20(29)15-7-4-5-8-16(15)21(27)30/h4-5,7-8,13H,6,9-12H2,1-3H3,(H,23,28)(H,22,24,25). The first-order chi connectivity index (χ1) is 14.4. The number of imide groups is 1. The minimum Gasteiger partial charge on any atom is -0.368 e. The summed E-state index contributed by atoms with van der Waals surface area (Å²) in [5.74, 6) is 1.46. The van der Waals surface area contributed by atoms with Crippen molar-refractivity contribution in [3.8, 4) is 0 Å². The number of fused-ring (bicyclic) bond motifs is 1. The first-order valence-electron chi connectivity index (χ1n) is 9.85. The van der Waals surface area contributed by atoms with E-state index in [9.17, 15) is 14.4 Å². The molecule has 0 fully saturated rings. The molecule has 2 heterocycles. The highest BCUT2D eigenvalue weighted by Crippen LogP contribution is 2.22. The summed E-state index contributed by atoms with van der Waals surface area (Å²) >= 11 is 0. The molecule has 1 aromatic heterocycles. The number of hydrogen-bond donors (Lipinski definition) is 2. The van der Waals surface area contributed by atoms with Crippen LogP contribution in [0.15, 0.2) is 30.3 Å². The van der Waals surface area contributed by atoms with Gasteiger partial charge in [0.2, 0.25) is 5.91 Å². The number of aryl methyl sites for hydroxylation is 1. The predicted octanol–water partition coefficient (Wildman–Crippen LogP) is 1.46. The lowest BCUT2D eigenvalue weighted by Gasteiger charge is -2.14. The number of nitrogens with one attached hydrogen (secondary N) is 2. The van der Waals surface area contributed by atoms with E-state index in [4.69, 9.17) is 0 Å². The molecule has 3 rings (SSSR count). The summed E-state index contributed by atoms with van der Waals surface area (Å²) in [7, 11) is 3.82. The molecule has 0 saturated heterocycles. The maximum atomic E-state index is 12.3. The van der Waals surface area contributed by atoms with E-state index in [1.807, 2.05) is 32.0 Å². The van der Waals surface area contributed by atoms with E-state index >= 15 is 0 Å². The van der Waals surface area contributed by atoms with Crippen LogP contribution in [0.5, 0.6) is 0 Å². The number of benzene rings is 1. The third kappa shape index (κ3) is 4.91. The predicted molar refractivity (Wildman–Crippen MR) is 114 cm³/mol. The number of nitrogens with zero attached hydrogens (tertiary/aromatic N) is 4. The van der Waals surface area contributed by atoms with Gasteiger partial charge in [-0.05, 0) is 25.5 Å². The zero-order valence-corrected chi connectivity index (χ0v) is 17.4. The molecule has 0 radical (unpaired) electrons. The Morgan fingerprint density at radius 1 is 1.07 bits per heavy atom. The normalized spacial score (nSPS) is 12.7. The van der Waals surface area contributed by atoms with Crippen molar-refractivity contribution in [3.05, 3.63) is 47.3 Å². The Balaban J connectivity index is 1.37. The molecule has 3 amide bonds. The Morgan fingerprint density at radius 2 is 1.73 bits per heavy atom. The smallest absolute Gasteiger partial charge is 0.261 e. The Hall–Kier alpha value is -3.49. The summed E-state index contributed by atoms with van der Waals surface area (Å²) in [6, 6.07) is 8.61. The summed E-state index contributed by atoms with van der Waals surface area (Å²) in [5.41, 5.74) is 0.853. The maximum Gasteiger partial charge on any atom is 0.261 e. The SMILES string of the molecule is Cc1nc(NCCNC(=O)CCCN2C(=O)c3ccccc3C2=O)cc(N(C)C)n1. The number of aromatic nitrogens is 2. The number of carbonyl (C=O) groups is 3. The molecule has 0 atom stereocenters. The lowest BCUT2D eigenvalue weighted by Crippen LogP contribution is -2.33. The van der Waals surface area contributed by atoms with Gasteiger partial charge >= 0.3 is 0 Å². The van der Waals surface area contributed by atoms with Crippen LogP contribution in [0.1, 0.15) is 39.4 Å². The molecule has 1 aromatic carbocycles. The van der Waals surface area contributed by atoms with Gasteiger partial charge in [0.1, 0.15) is 17.5 Å². The molecule has 30 heavy (non-hydrogen) atoms. The van der Waals surface area contributed by atoms with Crippen LogP contribution in [0, 0.1) is 6.92 Å². The van der Waals surface area contributed by atoms with Gasteiger partial charge in [0, 0.05) is 46.2 Å². The van der Waals surface area contributed by atoms with Crippen LogP contribution in [0.3, 0.4) is 0 Å². The van der Waals surface area contributed by atoms with E-state index in [1.165, 1.54) is 4.90 Å². The van der Waals surface area contributed by atoms with Gasteiger partial charge in [-0.15, -0.1) is 0 Å².